The van der Waals surface area contributed by atoms with Crippen LogP contribution in [-0.4, -0.2) is 54.5 Å². The van der Waals surface area contributed by atoms with Crippen LogP contribution in [0.3, 0.4) is 0 Å². The number of aliphatic carboxylic acids is 1. The number of carboxylic acids is 1. The Morgan fingerprint density at radius 1 is 1.17 bits per heavy atom. The van der Waals surface area contributed by atoms with Crippen molar-refractivity contribution >= 4 is 34.3 Å². The van der Waals surface area contributed by atoms with Gasteiger partial charge in [-0.3, -0.25) is 14.2 Å². The van der Waals surface area contributed by atoms with Gasteiger partial charge in [-0.15, -0.1) is 0 Å². The second-order valence-corrected chi connectivity index (χ2v) is 6.78. The standard InChI is InChI=1S/C20H20N6O3/c21-19-20(26-12-23-14-3-1-2-4-16(14)26)24-15(11-22-19)13-7-9-25(10-8-13)17(27)5-6-18(28)29/h1-4,7,11-12H,5-6,8-10H2,(H2,21,22)(H,28,29). The number of nitrogens with zero attached hydrogens (tertiary/aromatic N) is 5. The minimum Gasteiger partial charge on any atom is -0.481 e. The molecule has 4 rings (SSSR count). The number of benzene rings is 1. The van der Waals surface area contributed by atoms with Gasteiger partial charge in [0.2, 0.25) is 5.91 Å². The molecule has 1 amide bonds. The second kappa shape index (κ2) is 7.70. The summed E-state index contributed by atoms with van der Waals surface area (Å²) in [7, 11) is 0. The number of hydrogen-bond donors (Lipinski definition) is 2. The van der Waals surface area contributed by atoms with E-state index in [-0.39, 0.29) is 18.7 Å². The van der Waals surface area contributed by atoms with Gasteiger partial charge < -0.3 is 15.7 Å². The minimum atomic E-state index is -0.969. The fraction of sp³-hybridized carbons (Fsp3) is 0.250. The van der Waals surface area contributed by atoms with E-state index < -0.39 is 5.97 Å². The lowest BCUT2D eigenvalue weighted by Crippen LogP contribution is -2.34. The summed E-state index contributed by atoms with van der Waals surface area (Å²) >= 11 is 0. The molecule has 1 aromatic carbocycles. The molecule has 148 valence electrons. The molecule has 0 bridgehead atoms. The number of aromatic nitrogens is 4. The van der Waals surface area contributed by atoms with Gasteiger partial charge in [-0.05, 0) is 24.1 Å². The number of hydrogen-bond acceptors (Lipinski definition) is 6. The predicted octanol–water partition coefficient (Wildman–Crippen LogP) is 1.88. The van der Waals surface area contributed by atoms with Crippen LogP contribution in [0.25, 0.3) is 22.4 Å². The van der Waals surface area contributed by atoms with Gasteiger partial charge in [0.05, 0.1) is 29.3 Å². The van der Waals surface area contributed by atoms with Gasteiger partial charge in [0.15, 0.2) is 11.6 Å². The van der Waals surface area contributed by atoms with Gasteiger partial charge in [-0.2, -0.15) is 0 Å². The number of nitrogens with two attached hydrogens (primary N) is 1. The first-order chi connectivity index (χ1) is 14.0. The summed E-state index contributed by atoms with van der Waals surface area (Å²) < 4.78 is 1.81. The molecule has 3 aromatic rings. The molecule has 9 nitrogen and oxygen atoms in total. The molecule has 0 aliphatic carbocycles. The van der Waals surface area contributed by atoms with E-state index in [9.17, 15) is 9.59 Å². The zero-order chi connectivity index (χ0) is 20.4. The van der Waals surface area contributed by atoms with E-state index in [2.05, 4.69) is 9.97 Å². The lowest BCUT2D eigenvalue weighted by molar-refractivity contribution is -0.140. The Hall–Kier alpha value is -3.75. The molecule has 29 heavy (non-hydrogen) atoms. The number of carbonyl (C=O) groups excluding carboxylic acids is 1. The van der Waals surface area contributed by atoms with Crippen LogP contribution in [0.4, 0.5) is 5.82 Å². The first-order valence-electron chi connectivity index (χ1n) is 9.27. The first kappa shape index (κ1) is 18.6. The third-order valence-electron chi connectivity index (χ3n) is 4.91. The summed E-state index contributed by atoms with van der Waals surface area (Å²) in [6.45, 7) is 0.933. The van der Waals surface area contributed by atoms with Crippen LogP contribution < -0.4 is 5.73 Å². The normalized spacial score (nSPS) is 14.1. The zero-order valence-corrected chi connectivity index (χ0v) is 15.7. The molecule has 9 heteroatoms. The van der Waals surface area contributed by atoms with E-state index in [4.69, 9.17) is 15.8 Å². The first-order valence-corrected chi connectivity index (χ1v) is 9.27. The molecule has 0 fully saturated rings. The smallest absolute Gasteiger partial charge is 0.303 e. The van der Waals surface area contributed by atoms with Gasteiger partial charge in [0.1, 0.15) is 6.33 Å². The Balaban J connectivity index is 1.57. The van der Waals surface area contributed by atoms with E-state index in [0.29, 0.717) is 36.8 Å². The molecule has 1 aliphatic rings. The lowest BCUT2D eigenvalue weighted by atomic mass is 10.0. The Kier molecular flexibility index (Phi) is 4.94. The van der Waals surface area contributed by atoms with Crippen LogP contribution in [0.5, 0.6) is 0 Å². The highest BCUT2D eigenvalue weighted by atomic mass is 16.4. The number of fused-ring (bicyclic) bond motifs is 1. The SMILES string of the molecule is Nc1ncc(C2=CCN(C(=O)CCC(=O)O)CC2)nc1-n1cnc2ccccc21. The molecule has 0 atom stereocenters. The fourth-order valence-corrected chi connectivity index (χ4v) is 3.35. The zero-order valence-electron chi connectivity index (χ0n) is 15.7. The number of para-hydroxylation sites is 2. The number of amides is 1. The third kappa shape index (κ3) is 3.79. The van der Waals surface area contributed by atoms with Crippen molar-refractivity contribution in [3.63, 3.8) is 0 Å². The predicted molar refractivity (Wildman–Crippen MR) is 107 cm³/mol. The van der Waals surface area contributed by atoms with Gasteiger partial charge in [0.25, 0.3) is 0 Å². The Morgan fingerprint density at radius 3 is 2.76 bits per heavy atom. The van der Waals surface area contributed by atoms with Crippen LogP contribution >= 0.6 is 0 Å². The van der Waals surface area contributed by atoms with Crippen molar-refractivity contribution < 1.29 is 14.7 Å². The average Bonchev–Trinajstić information content (AvgIpc) is 3.16. The molecular weight excluding hydrogens is 372 g/mol. The molecule has 0 radical (unpaired) electrons. The van der Waals surface area contributed by atoms with E-state index in [1.54, 1.807) is 17.4 Å². The third-order valence-corrected chi connectivity index (χ3v) is 4.91. The molecule has 1 aliphatic heterocycles. The van der Waals surface area contributed by atoms with Crippen molar-refractivity contribution in [3.8, 4) is 5.82 Å². The number of carbonyl (C=O) groups is 2. The van der Waals surface area contributed by atoms with Crippen molar-refractivity contribution in [2.45, 2.75) is 19.3 Å². The van der Waals surface area contributed by atoms with Crippen LogP contribution in [0.15, 0.2) is 42.9 Å². The molecule has 0 saturated heterocycles. The molecule has 2 aromatic heterocycles. The number of nitrogen functional groups attached to an aromatic ring is 1. The second-order valence-electron chi connectivity index (χ2n) is 6.78. The Bertz CT molecular complexity index is 1120. The number of imidazole rings is 1. The summed E-state index contributed by atoms with van der Waals surface area (Å²) in [5, 5.41) is 8.73. The number of carboxylic acid groups (broad SMARTS) is 1. The Labute approximate surface area is 166 Å². The molecular formula is C20H20N6O3. The van der Waals surface area contributed by atoms with Crippen LogP contribution in [-0.2, 0) is 9.59 Å². The van der Waals surface area contributed by atoms with Crippen molar-refractivity contribution in [2.75, 3.05) is 18.8 Å². The molecule has 0 spiro atoms. The van der Waals surface area contributed by atoms with E-state index in [0.717, 1.165) is 16.6 Å². The average molecular weight is 392 g/mol. The summed E-state index contributed by atoms with van der Waals surface area (Å²) in [5.41, 5.74) is 9.48. The van der Waals surface area contributed by atoms with Crippen molar-refractivity contribution in [3.05, 3.63) is 48.6 Å². The largest absolute Gasteiger partial charge is 0.481 e. The van der Waals surface area contributed by atoms with Crippen LogP contribution in [0.1, 0.15) is 25.0 Å². The van der Waals surface area contributed by atoms with Gasteiger partial charge >= 0.3 is 5.97 Å². The summed E-state index contributed by atoms with van der Waals surface area (Å²) in [6, 6.07) is 7.70. The molecule has 3 N–H and O–H groups in total. The quantitative estimate of drug-likeness (QED) is 0.678. The number of anilines is 1. The fourth-order valence-electron chi connectivity index (χ4n) is 3.35. The monoisotopic (exact) mass is 392 g/mol. The number of rotatable bonds is 5. The minimum absolute atomic E-state index is 0.0119. The highest BCUT2D eigenvalue weighted by Gasteiger charge is 2.20. The van der Waals surface area contributed by atoms with Crippen molar-refractivity contribution in [1.82, 2.24) is 24.4 Å². The van der Waals surface area contributed by atoms with Gasteiger partial charge in [0, 0.05) is 19.5 Å². The topological polar surface area (TPSA) is 127 Å². The van der Waals surface area contributed by atoms with Gasteiger partial charge in [-0.25, -0.2) is 15.0 Å². The van der Waals surface area contributed by atoms with E-state index in [1.165, 1.54) is 0 Å². The van der Waals surface area contributed by atoms with Gasteiger partial charge in [-0.1, -0.05) is 18.2 Å². The Morgan fingerprint density at radius 2 is 2.00 bits per heavy atom. The van der Waals surface area contributed by atoms with Crippen LogP contribution in [0.2, 0.25) is 0 Å². The van der Waals surface area contributed by atoms with Crippen molar-refractivity contribution in [2.24, 2.45) is 0 Å². The van der Waals surface area contributed by atoms with E-state index in [1.807, 2.05) is 34.9 Å². The van der Waals surface area contributed by atoms with Crippen molar-refractivity contribution in [1.29, 1.82) is 0 Å². The molecule has 3 heterocycles. The maximum absolute atomic E-state index is 12.1. The molecule has 0 unspecified atom stereocenters. The molecule has 0 saturated carbocycles. The summed E-state index contributed by atoms with van der Waals surface area (Å²) in [6.07, 6.45) is 5.70. The maximum atomic E-state index is 12.1. The van der Waals surface area contributed by atoms with E-state index >= 15 is 0 Å². The summed E-state index contributed by atoms with van der Waals surface area (Å²) in [5.74, 6) is -0.309. The lowest BCUT2D eigenvalue weighted by Gasteiger charge is -2.26. The maximum Gasteiger partial charge on any atom is 0.303 e. The summed E-state index contributed by atoms with van der Waals surface area (Å²) in [4.78, 5) is 37.8. The highest BCUT2D eigenvalue weighted by molar-refractivity contribution is 5.82. The highest BCUT2D eigenvalue weighted by Crippen LogP contribution is 2.25. The van der Waals surface area contributed by atoms with Crippen LogP contribution in [0, 0.1) is 0 Å².